The number of carbonyl (C=O) groups is 3. The minimum atomic E-state index is -0.871. The summed E-state index contributed by atoms with van der Waals surface area (Å²) in [5.41, 5.74) is -0.326. The smallest absolute Gasteiger partial charge is 0.377 e. The minimum absolute atomic E-state index is 0.0812. The van der Waals surface area contributed by atoms with Crippen LogP contribution in [0.15, 0.2) is 47.0 Å². The predicted molar refractivity (Wildman–Crippen MR) is 95.8 cm³/mol. The van der Waals surface area contributed by atoms with Crippen LogP contribution in [0.25, 0.3) is 10.8 Å². The number of hydrogen-bond donors (Lipinski definition) is 0. The fraction of sp³-hybridized carbons (Fsp3) is 0.200. The molecule has 2 aromatic carbocycles. The van der Waals surface area contributed by atoms with E-state index in [1.165, 1.54) is 0 Å². The third kappa shape index (κ3) is 3.57. The van der Waals surface area contributed by atoms with E-state index < -0.39 is 23.5 Å². The number of benzene rings is 2. The van der Waals surface area contributed by atoms with E-state index in [9.17, 15) is 14.4 Å². The van der Waals surface area contributed by atoms with Crippen molar-refractivity contribution in [2.24, 2.45) is 0 Å². The van der Waals surface area contributed by atoms with Crippen molar-refractivity contribution < 1.29 is 28.4 Å². The number of rotatable bonds is 6. The average molecular weight is 367 g/mol. The topological polar surface area (TPSA) is 95.7 Å². The number of ketones is 1. The van der Waals surface area contributed by atoms with E-state index in [2.05, 4.69) is 5.16 Å². The monoisotopic (exact) mass is 367 g/mol. The number of nitrogens with zero attached hydrogens (tertiary/aromatic N) is 1. The predicted octanol–water partition coefficient (Wildman–Crippen LogP) is 3.41. The first-order valence-electron chi connectivity index (χ1n) is 8.44. The summed E-state index contributed by atoms with van der Waals surface area (Å²) in [5.74, 6) is -2.71. The van der Waals surface area contributed by atoms with Gasteiger partial charge in [0, 0.05) is 5.56 Å². The van der Waals surface area contributed by atoms with Gasteiger partial charge in [-0.3, -0.25) is 4.79 Å². The number of aromatic nitrogens is 1. The van der Waals surface area contributed by atoms with E-state index in [1.807, 2.05) is 24.3 Å². The molecule has 7 nitrogen and oxygen atoms in total. The van der Waals surface area contributed by atoms with E-state index in [0.717, 1.165) is 10.8 Å². The molecule has 0 aliphatic rings. The summed E-state index contributed by atoms with van der Waals surface area (Å²) in [7, 11) is 0. The maximum Gasteiger partial charge on any atom is 0.377 e. The zero-order chi connectivity index (χ0) is 19.4. The maximum atomic E-state index is 13.1. The second kappa shape index (κ2) is 7.82. The van der Waals surface area contributed by atoms with E-state index in [-0.39, 0.29) is 30.0 Å². The number of hydrogen-bond acceptors (Lipinski definition) is 7. The molecule has 0 radical (unpaired) electrons. The molecular formula is C20H17NO6. The Morgan fingerprint density at radius 3 is 2.30 bits per heavy atom. The Morgan fingerprint density at radius 1 is 0.926 bits per heavy atom. The molecule has 0 atom stereocenters. The van der Waals surface area contributed by atoms with Crippen molar-refractivity contribution in [1.29, 1.82) is 0 Å². The van der Waals surface area contributed by atoms with Crippen molar-refractivity contribution in [3.63, 3.8) is 0 Å². The van der Waals surface area contributed by atoms with Gasteiger partial charge in [0.1, 0.15) is 5.56 Å². The van der Waals surface area contributed by atoms with Crippen LogP contribution in [-0.4, -0.2) is 36.1 Å². The highest BCUT2D eigenvalue weighted by molar-refractivity contribution is 6.18. The molecule has 0 unspecified atom stereocenters. The van der Waals surface area contributed by atoms with Crippen LogP contribution in [0, 0.1) is 0 Å². The zero-order valence-electron chi connectivity index (χ0n) is 14.9. The van der Waals surface area contributed by atoms with Crippen molar-refractivity contribution in [2.75, 3.05) is 13.2 Å². The highest BCUT2D eigenvalue weighted by Gasteiger charge is 2.33. The highest BCUT2D eigenvalue weighted by Crippen LogP contribution is 2.23. The van der Waals surface area contributed by atoms with Gasteiger partial charge in [0.25, 0.3) is 5.76 Å². The van der Waals surface area contributed by atoms with Gasteiger partial charge in [-0.15, -0.1) is 0 Å². The lowest BCUT2D eigenvalue weighted by atomic mass is 9.98. The van der Waals surface area contributed by atoms with Gasteiger partial charge in [0.2, 0.25) is 5.69 Å². The fourth-order valence-electron chi connectivity index (χ4n) is 2.65. The van der Waals surface area contributed by atoms with Crippen LogP contribution in [-0.2, 0) is 9.47 Å². The molecule has 7 heteroatoms. The number of carbonyl (C=O) groups excluding carboxylic acids is 3. The third-order valence-corrected chi connectivity index (χ3v) is 3.86. The Balaban J connectivity index is 2.11. The molecule has 1 aromatic heterocycles. The summed E-state index contributed by atoms with van der Waals surface area (Å²) >= 11 is 0. The van der Waals surface area contributed by atoms with Gasteiger partial charge >= 0.3 is 11.9 Å². The number of fused-ring (bicyclic) bond motifs is 1. The van der Waals surface area contributed by atoms with Gasteiger partial charge in [-0.05, 0) is 30.7 Å². The lowest BCUT2D eigenvalue weighted by Gasteiger charge is -2.05. The molecule has 0 fully saturated rings. The first-order chi connectivity index (χ1) is 13.1. The van der Waals surface area contributed by atoms with E-state index >= 15 is 0 Å². The summed E-state index contributed by atoms with van der Waals surface area (Å²) in [6.07, 6.45) is 0. The van der Waals surface area contributed by atoms with Crippen LogP contribution in [0.2, 0.25) is 0 Å². The van der Waals surface area contributed by atoms with Crippen LogP contribution in [0.3, 0.4) is 0 Å². The summed E-state index contributed by atoms with van der Waals surface area (Å²) in [5, 5.41) is 5.37. The molecule has 1 heterocycles. The Bertz CT molecular complexity index is 985. The molecule has 3 aromatic rings. The van der Waals surface area contributed by atoms with Crippen LogP contribution in [0.4, 0.5) is 0 Å². The SMILES string of the molecule is CCOC(=O)c1noc(C(=O)OCC)c1C(=O)c1ccc2ccccc2c1. The van der Waals surface area contributed by atoms with Gasteiger partial charge in [0.15, 0.2) is 5.78 Å². The number of esters is 2. The lowest BCUT2D eigenvalue weighted by Crippen LogP contribution is -2.15. The molecule has 0 bridgehead atoms. The Labute approximate surface area is 154 Å². The molecular weight excluding hydrogens is 350 g/mol. The van der Waals surface area contributed by atoms with Crippen LogP contribution in [0.5, 0.6) is 0 Å². The van der Waals surface area contributed by atoms with Crippen molar-refractivity contribution in [1.82, 2.24) is 5.16 Å². The second-order valence-electron chi connectivity index (χ2n) is 5.57. The minimum Gasteiger partial charge on any atom is -0.461 e. The Hall–Kier alpha value is -3.48. The molecule has 27 heavy (non-hydrogen) atoms. The summed E-state index contributed by atoms with van der Waals surface area (Å²) in [6.45, 7) is 3.41. The lowest BCUT2D eigenvalue weighted by molar-refractivity contribution is 0.0470. The van der Waals surface area contributed by atoms with Crippen LogP contribution < -0.4 is 0 Å². The van der Waals surface area contributed by atoms with Crippen molar-refractivity contribution in [3.05, 3.63) is 65.0 Å². The first-order valence-corrected chi connectivity index (χ1v) is 8.44. The molecule has 138 valence electrons. The van der Waals surface area contributed by atoms with Gasteiger partial charge in [-0.2, -0.15) is 0 Å². The number of ether oxygens (including phenoxy) is 2. The van der Waals surface area contributed by atoms with E-state index in [1.54, 1.807) is 32.0 Å². The molecule has 0 saturated carbocycles. The highest BCUT2D eigenvalue weighted by atomic mass is 16.6. The molecule has 3 rings (SSSR count). The summed E-state index contributed by atoms with van der Waals surface area (Å²) in [6, 6.07) is 12.6. The second-order valence-corrected chi connectivity index (χ2v) is 5.57. The van der Waals surface area contributed by atoms with Crippen LogP contribution in [0.1, 0.15) is 50.8 Å². The normalized spacial score (nSPS) is 10.6. The fourth-order valence-corrected chi connectivity index (χ4v) is 2.65. The maximum absolute atomic E-state index is 13.1. The quantitative estimate of drug-likeness (QED) is 0.486. The summed E-state index contributed by atoms with van der Waals surface area (Å²) < 4.78 is 14.8. The molecule has 0 amide bonds. The van der Waals surface area contributed by atoms with Gasteiger partial charge in [-0.25, -0.2) is 9.59 Å². The van der Waals surface area contributed by atoms with E-state index in [0.29, 0.717) is 0 Å². The van der Waals surface area contributed by atoms with Gasteiger partial charge < -0.3 is 14.0 Å². The zero-order valence-corrected chi connectivity index (χ0v) is 14.9. The Kier molecular flexibility index (Phi) is 5.30. The largest absolute Gasteiger partial charge is 0.461 e. The molecule has 0 aliphatic heterocycles. The van der Waals surface area contributed by atoms with Gasteiger partial charge in [-0.1, -0.05) is 41.6 Å². The Morgan fingerprint density at radius 2 is 1.59 bits per heavy atom. The molecule has 0 N–H and O–H groups in total. The van der Waals surface area contributed by atoms with E-state index in [4.69, 9.17) is 14.0 Å². The van der Waals surface area contributed by atoms with Crippen molar-refractivity contribution in [2.45, 2.75) is 13.8 Å². The van der Waals surface area contributed by atoms with Crippen molar-refractivity contribution in [3.8, 4) is 0 Å². The molecule has 0 aliphatic carbocycles. The molecule has 0 spiro atoms. The standard InChI is InChI=1S/C20H17NO6/c1-3-25-19(23)16-15(18(27-21-16)20(24)26-4-2)17(22)14-10-9-12-7-5-6-8-13(12)11-14/h5-11H,3-4H2,1-2H3. The first kappa shape index (κ1) is 18.3. The third-order valence-electron chi connectivity index (χ3n) is 3.86. The average Bonchev–Trinajstić information content (AvgIpc) is 3.12. The van der Waals surface area contributed by atoms with Crippen LogP contribution >= 0.6 is 0 Å². The van der Waals surface area contributed by atoms with Crippen molar-refractivity contribution >= 4 is 28.5 Å². The van der Waals surface area contributed by atoms with Gasteiger partial charge in [0.05, 0.1) is 13.2 Å². The molecule has 0 saturated heterocycles. The summed E-state index contributed by atoms with van der Waals surface area (Å²) in [4.78, 5) is 37.4.